The molecule has 0 aromatic heterocycles. The van der Waals surface area contributed by atoms with E-state index in [9.17, 15) is 9.90 Å². The molecule has 4 nitrogen and oxygen atoms in total. The van der Waals surface area contributed by atoms with Crippen LogP contribution in [0.1, 0.15) is 37.7 Å². The van der Waals surface area contributed by atoms with Gasteiger partial charge in [-0.3, -0.25) is 4.79 Å². The van der Waals surface area contributed by atoms with Crippen LogP contribution >= 0.6 is 0 Å². The van der Waals surface area contributed by atoms with Crippen molar-refractivity contribution in [1.29, 1.82) is 0 Å². The van der Waals surface area contributed by atoms with Gasteiger partial charge in [-0.05, 0) is 30.5 Å². The van der Waals surface area contributed by atoms with E-state index in [0.29, 0.717) is 12.1 Å². The van der Waals surface area contributed by atoms with E-state index in [0.717, 1.165) is 31.4 Å². The molecule has 0 radical (unpaired) electrons. The number of benzene rings is 2. The predicted octanol–water partition coefficient (Wildman–Crippen LogP) is 3.71. The van der Waals surface area contributed by atoms with Crippen LogP contribution < -0.4 is 10.2 Å². The van der Waals surface area contributed by atoms with E-state index in [2.05, 4.69) is 22.1 Å². The molecular formula is C25H30N2O2. The van der Waals surface area contributed by atoms with Crippen LogP contribution in [0.2, 0.25) is 0 Å². The van der Waals surface area contributed by atoms with Crippen LogP contribution in [-0.2, 0) is 10.4 Å². The molecule has 0 saturated heterocycles. The molecule has 1 fully saturated rings. The molecule has 1 unspecified atom stereocenters. The van der Waals surface area contributed by atoms with Gasteiger partial charge in [0.05, 0.1) is 13.1 Å². The molecule has 2 N–H and O–H groups in total. The van der Waals surface area contributed by atoms with Crippen LogP contribution in [0.4, 0.5) is 5.69 Å². The number of hydrogen-bond acceptors (Lipinski definition) is 3. The molecule has 0 heterocycles. The second kappa shape index (κ2) is 10.1. The van der Waals surface area contributed by atoms with Crippen molar-refractivity contribution in [1.82, 2.24) is 5.32 Å². The van der Waals surface area contributed by atoms with Crippen molar-refractivity contribution in [3.63, 3.8) is 0 Å². The van der Waals surface area contributed by atoms with Crippen molar-refractivity contribution in [2.24, 2.45) is 5.92 Å². The number of aliphatic hydroxyl groups is 1. The van der Waals surface area contributed by atoms with Crippen LogP contribution in [0.25, 0.3) is 0 Å². The smallest absolute Gasteiger partial charge is 0.257 e. The lowest BCUT2D eigenvalue weighted by molar-refractivity contribution is -0.149. The largest absolute Gasteiger partial charge is 0.375 e. The summed E-state index contributed by atoms with van der Waals surface area (Å²) >= 11 is 0. The SMILES string of the molecule is CN(CC#CCNC(=O)C(O)(c1ccccc1)C1CCCCC1)c1ccccc1. The van der Waals surface area contributed by atoms with Crippen LogP contribution in [-0.4, -0.2) is 31.2 Å². The average Bonchev–Trinajstić information content (AvgIpc) is 2.79. The summed E-state index contributed by atoms with van der Waals surface area (Å²) < 4.78 is 0. The second-order valence-electron chi connectivity index (χ2n) is 7.70. The summed E-state index contributed by atoms with van der Waals surface area (Å²) in [7, 11) is 1.99. The minimum atomic E-state index is -1.50. The summed E-state index contributed by atoms with van der Waals surface area (Å²) in [6.07, 6.45) is 5.01. The van der Waals surface area contributed by atoms with Gasteiger partial charge in [-0.2, -0.15) is 0 Å². The highest BCUT2D eigenvalue weighted by molar-refractivity contribution is 5.87. The fourth-order valence-corrected chi connectivity index (χ4v) is 4.03. The topological polar surface area (TPSA) is 52.6 Å². The Labute approximate surface area is 173 Å². The number of anilines is 1. The molecule has 0 bridgehead atoms. The number of nitrogens with zero attached hydrogens (tertiary/aromatic N) is 1. The molecule has 0 aliphatic heterocycles. The Morgan fingerprint density at radius 2 is 1.66 bits per heavy atom. The van der Waals surface area contributed by atoms with Crippen LogP contribution in [0.5, 0.6) is 0 Å². The highest BCUT2D eigenvalue weighted by Gasteiger charge is 2.45. The van der Waals surface area contributed by atoms with Crippen molar-refractivity contribution >= 4 is 11.6 Å². The highest BCUT2D eigenvalue weighted by atomic mass is 16.3. The van der Waals surface area contributed by atoms with E-state index < -0.39 is 5.60 Å². The summed E-state index contributed by atoms with van der Waals surface area (Å²) in [5.41, 5.74) is 0.271. The van der Waals surface area contributed by atoms with Crippen LogP contribution in [0, 0.1) is 17.8 Å². The van der Waals surface area contributed by atoms with Gasteiger partial charge >= 0.3 is 0 Å². The van der Waals surface area contributed by atoms with Gasteiger partial charge in [0.2, 0.25) is 0 Å². The van der Waals surface area contributed by atoms with Crippen LogP contribution in [0.15, 0.2) is 60.7 Å². The van der Waals surface area contributed by atoms with E-state index in [1.54, 1.807) is 0 Å². The number of carbonyl (C=O) groups is 1. The van der Waals surface area contributed by atoms with Gasteiger partial charge < -0.3 is 15.3 Å². The Balaban J connectivity index is 1.62. The van der Waals surface area contributed by atoms with Crippen molar-refractivity contribution in [3.8, 4) is 11.8 Å². The molecule has 4 heteroatoms. The Hall–Kier alpha value is -2.77. The van der Waals surface area contributed by atoms with Gasteiger partial charge in [0.15, 0.2) is 5.60 Å². The van der Waals surface area contributed by atoms with Crippen molar-refractivity contribution in [2.75, 3.05) is 25.0 Å². The molecule has 1 aliphatic rings. The third kappa shape index (κ3) is 5.19. The predicted molar refractivity (Wildman–Crippen MR) is 117 cm³/mol. The molecule has 3 rings (SSSR count). The normalized spacial score (nSPS) is 16.2. The summed E-state index contributed by atoms with van der Waals surface area (Å²) in [6, 6.07) is 19.4. The molecular weight excluding hydrogens is 360 g/mol. The first kappa shape index (κ1) is 21.0. The maximum atomic E-state index is 13.0. The zero-order valence-corrected chi connectivity index (χ0v) is 17.1. The van der Waals surface area contributed by atoms with Crippen molar-refractivity contribution < 1.29 is 9.90 Å². The minimum Gasteiger partial charge on any atom is -0.375 e. The molecule has 1 atom stereocenters. The Morgan fingerprint density at radius 3 is 2.31 bits per heavy atom. The average molecular weight is 391 g/mol. The first-order chi connectivity index (χ1) is 14.1. The van der Waals surface area contributed by atoms with Gasteiger partial charge in [0, 0.05) is 18.7 Å². The van der Waals surface area contributed by atoms with E-state index in [4.69, 9.17) is 0 Å². The lowest BCUT2D eigenvalue weighted by Crippen LogP contribution is -2.50. The maximum Gasteiger partial charge on any atom is 0.257 e. The molecule has 1 amide bonds. The Bertz CT molecular complexity index is 835. The van der Waals surface area contributed by atoms with Gasteiger partial charge in [0.25, 0.3) is 5.91 Å². The first-order valence-electron chi connectivity index (χ1n) is 10.4. The number of carbonyl (C=O) groups excluding carboxylic acids is 1. The fourth-order valence-electron chi connectivity index (χ4n) is 4.03. The number of nitrogens with one attached hydrogen (secondary N) is 1. The molecule has 2 aromatic carbocycles. The van der Waals surface area contributed by atoms with Gasteiger partial charge in [-0.25, -0.2) is 0 Å². The summed E-state index contributed by atoms with van der Waals surface area (Å²) in [6.45, 7) is 0.800. The Kier molecular flexibility index (Phi) is 7.32. The lowest BCUT2D eigenvalue weighted by Gasteiger charge is -2.37. The monoisotopic (exact) mass is 390 g/mol. The van der Waals surface area contributed by atoms with Gasteiger partial charge in [0.1, 0.15) is 0 Å². The maximum absolute atomic E-state index is 13.0. The van der Waals surface area contributed by atoms with E-state index in [1.165, 1.54) is 6.42 Å². The van der Waals surface area contributed by atoms with Crippen LogP contribution in [0.3, 0.4) is 0 Å². The minimum absolute atomic E-state index is 0.0594. The van der Waals surface area contributed by atoms with Gasteiger partial charge in [-0.1, -0.05) is 79.6 Å². The van der Waals surface area contributed by atoms with Gasteiger partial charge in [-0.15, -0.1) is 0 Å². The molecule has 29 heavy (non-hydrogen) atoms. The zero-order valence-electron chi connectivity index (χ0n) is 17.1. The lowest BCUT2D eigenvalue weighted by atomic mass is 9.73. The summed E-state index contributed by atoms with van der Waals surface area (Å²) in [5.74, 6) is 5.69. The van der Waals surface area contributed by atoms with Crippen molar-refractivity contribution in [2.45, 2.75) is 37.7 Å². The van der Waals surface area contributed by atoms with E-state index in [1.807, 2.05) is 67.7 Å². The molecule has 0 spiro atoms. The second-order valence-corrected chi connectivity index (χ2v) is 7.70. The quantitative estimate of drug-likeness (QED) is 0.740. The first-order valence-corrected chi connectivity index (χ1v) is 10.4. The summed E-state index contributed by atoms with van der Waals surface area (Å²) in [5, 5.41) is 14.4. The van der Waals surface area contributed by atoms with E-state index >= 15 is 0 Å². The number of para-hydroxylation sites is 1. The molecule has 152 valence electrons. The molecule has 1 aliphatic carbocycles. The van der Waals surface area contributed by atoms with E-state index in [-0.39, 0.29) is 18.4 Å². The fraction of sp³-hybridized carbons (Fsp3) is 0.400. The summed E-state index contributed by atoms with van der Waals surface area (Å²) in [4.78, 5) is 15.1. The third-order valence-corrected chi connectivity index (χ3v) is 5.73. The molecule has 2 aromatic rings. The third-order valence-electron chi connectivity index (χ3n) is 5.73. The number of rotatable bonds is 6. The standard InChI is InChI=1S/C25H30N2O2/c1-27(23-17-9-4-10-18-23)20-12-11-19-26-24(28)25(29,21-13-5-2-6-14-21)22-15-7-3-8-16-22/h2,4-6,9-10,13-14,17-18,22,29H,3,7-8,15-16,19-20H2,1H3,(H,26,28). The zero-order chi connectivity index (χ0) is 20.5. The highest BCUT2D eigenvalue weighted by Crippen LogP contribution is 2.39. The number of hydrogen-bond donors (Lipinski definition) is 2. The van der Waals surface area contributed by atoms with Crippen molar-refractivity contribution in [3.05, 3.63) is 66.2 Å². The number of amides is 1. The molecule has 1 saturated carbocycles. The Morgan fingerprint density at radius 1 is 1.03 bits per heavy atom.